The van der Waals surface area contributed by atoms with Crippen molar-refractivity contribution in [2.75, 3.05) is 0 Å². The van der Waals surface area contributed by atoms with Crippen molar-refractivity contribution in [1.29, 1.82) is 0 Å². The van der Waals surface area contributed by atoms with Crippen LogP contribution < -0.4 is 0 Å². The number of halogens is 1. The number of carbonyl (C=O) groups is 1. The molecule has 0 spiro atoms. The molecule has 6 heteroatoms. The lowest BCUT2D eigenvalue weighted by molar-refractivity contribution is 0.0695. The van der Waals surface area contributed by atoms with Crippen LogP contribution >= 0.6 is 0 Å². The van der Waals surface area contributed by atoms with Crippen LogP contribution in [-0.2, 0) is 16.6 Å². The van der Waals surface area contributed by atoms with Crippen LogP contribution in [-0.4, -0.2) is 15.3 Å². The lowest BCUT2D eigenvalue weighted by atomic mass is 10.3. The Morgan fingerprint density at radius 3 is 2.83 bits per heavy atom. The highest BCUT2D eigenvalue weighted by Gasteiger charge is 2.16. The van der Waals surface area contributed by atoms with E-state index in [1.807, 2.05) is 0 Å². The van der Waals surface area contributed by atoms with E-state index < -0.39 is 22.6 Å². The van der Waals surface area contributed by atoms with Crippen LogP contribution in [0, 0.1) is 5.82 Å². The quantitative estimate of drug-likeness (QED) is 0.924. The molecule has 1 atom stereocenters. The Labute approximate surface area is 105 Å². The maximum Gasteiger partial charge on any atom is 0.339 e. The van der Waals surface area contributed by atoms with E-state index in [0.29, 0.717) is 4.90 Å². The number of hydrogen-bond acceptors (Lipinski definition) is 3. The van der Waals surface area contributed by atoms with Gasteiger partial charge in [0.25, 0.3) is 0 Å². The first-order valence-corrected chi connectivity index (χ1v) is 6.33. The van der Waals surface area contributed by atoms with Crippen LogP contribution in [0.4, 0.5) is 4.39 Å². The number of benzene rings is 1. The van der Waals surface area contributed by atoms with Crippen LogP contribution in [0.2, 0.25) is 0 Å². The summed E-state index contributed by atoms with van der Waals surface area (Å²) in [5.41, 5.74) is -0.0280. The summed E-state index contributed by atoms with van der Waals surface area (Å²) >= 11 is 0. The number of rotatable bonds is 4. The Kier molecular flexibility index (Phi) is 3.57. The highest BCUT2D eigenvalue weighted by Crippen LogP contribution is 2.17. The summed E-state index contributed by atoms with van der Waals surface area (Å²) in [4.78, 5) is 11.1. The van der Waals surface area contributed by atoms with Gasteiger partial charge in [-0.2, -0.15) is 0 Å². The molecule has 0 aliphatic carbocycles. The summed E-state index contributed by atoms with van der Waals surface area (Å²) in [5.74, 6) is -1.61. The molecular formula is C12H9FO4S. The van der Waals surface area contributed by atoms with E-state index in [-0.39, 0.29) is 17.1 Å². The third kappa shape index (κ3) is 2.65. The average Bonchev–Trinajstić information content (AvgIpc) is 2.77. The number of carboxylic acid groups (broad SMARTS) is 1. The first kappa shape index (κ1) is 12.5. The van der Waals surface area contributed by atoms with Crippen LogP contribution in [0.3, 0.4) is 0 Å². The highest BCUT2D eigenvalue weighted by atomic mass is 32.2. The van der Waals surface area contributed by atoms with Crippen molar-refractivity contribution in [3.8, 4) is 0 Å². The van der Waals surface area contributed by atoms with E-state index in [4.69, 9.17) is 9.52 Å². The van der Waals surface area contributed by atoms with Gasteiger partial charge in [-0.1, -0.05) is 6.07 Å². The van der Waals surface area contributed by atoms with E-state index in [1.165, 1.54) is 30.5 Å². The molecule has 0 bridgehead atoms. The zero-order valence-electron chi connectivity index (χ0n) is 9.13. The normalized spacial score (nSPS) is 12.3. The number of carboxylic acids is 1. The molecule has 1 heterocycles. The molecule has 2 aromatic rings. The first-order chi connectivity index (χ1) is 8.58. The van der Waals surface area contributed by atoms with E-state index in [1.54, 1.807) is 0 Å². The van der Waals surface area contributed by atoms with E-state index in [2.05, 4.69) is 0 Å². The van der Waals surface area contributed by atoms with Gasteiger partial charge in [0.15, 0.2) is 0 Å². The van der Waals surface area contributed by atoms with Crippen molar-refractivity contribution in [2.24, 2.45) is 0 Å². The van der Waals surface area contributed by atoms with Gasteiger partial charge >= 0.3 is 5.97 Å². The minimum absolute atomic E-state index is 0.0280. The van der Waals surface area contributed by atoms with E-state index in [9.17, 15) is 13.4 Å². The minimum Gasteiger partial charge on any atom is -0.478 e. The zero-order valence-corrected chi connectivity index (χ0v) is 9.95. The molecule has 1 unspecified atom stereocenters. The van der Waals surface area contributed by atoms with Crippen molar-refractivity contribution in [2.45, 2.75) is 10.6 Å². The molecule has 4 nitrogen and oxygen atoms in total. The lowest BCUT2D eigenvalue weighted by Gasteiger charge is -2.01. The number of furan rings is 1. The smallest absolute Gasteiger partial charge is 0.339 e. The summed E-state index contributed by atoms with van der Waals surface area (Å²) in [6.07, 6.45) is 1.22. The van der Waals surface area contributed by atoms with Crippen LogP contribution in [0.5, 0.6) is 0 Å². The maximum atomic E-state index is 13.0. The second kappa shape index (κ2) is 5.14. The fourth-order valence-electron chi connectivity index (χ4n) is 1.45. The van der Waals surface area contributed by atoms with E-state index in [0.717, 1.165) is 6.07 Å². The maximum absolute atomic E-state index is 13.0. The summed E-state index contributed by atoms with van der Waals surface area (Å²) in [7, 11) is -1.55. The number of hydrogen-bond donors (Lipinski definition) is 1. The van der Waals surface area contributed by atoms with Gasteiger partial charge in [0.2, 0.25) is 0 Å². The molecule has 1 aromatic heterocycles. The Morgan fingerprint density at radius 2 is 2.17 bits per heavy atom. The molecule has 1 N–H and O–H groups in total. The zero-order chi connectivity index (χ0) is 13.1. The second-order valence-electron chi connectivity index (χ2n) is 3.51. The Balaban J connectivity index is 2.21. The van der Waals surface area contributed by atoms with Crippen molar-refractivity contribution in [3.63, 3.8) is 0 Å². The molecule has 18 heavy (non-hydrogen) atoms. The molecule has 0 saturated heterocycles. The van der Waals surface area contributed by atoms with Crippen molar-refractivity contribution in [3.05, 3.63) is 53.7 Å². The summed E-state index contributed by atoms with van der Waals surface area (Å²) in [6, 6.07) is 6.65. The lowest BCUT2D eigenvalue weighted by Crippen LogP contribution is -2.02. The third-order valence-electron chi connectivity index (χ3n) is 2.30. The molecule has 0 radical (unpaired) electrons. The fourth-order valence-corrected chi connectivity index (χ4v) is 2.56. The molecule has 0 aliphatic heterocycles. The molecule has 1 aromatic carbocycles. The summed E-state index contributed by atoms with van der Waals surface area (Å²) in [5, 5.41) is 8.86. The molecule has 0 saturated carbocycles. The third-order valence-corrected chi connectivity index (χ3v) is 3.60. The molecule has 0 aliphatic rings. The second-order valence-corrected chi connectivity index (χ2v) is 4.96. The molecule has 0 fully saturated rings. The van der Waals surface area contributed by atoms with Gasteiger partial charge < -0.3 is 9.52 Å². The predicted octanol–water partition coefficient (Wildman–Crippen LogP) is 2.42. The van der Waals surface area contributed by atoms with Gasteiger partial charge in [0.05, 0.1) is 22.8 Å². The predicted molar refractivity (Wildman–Crippen MR) is 62.2 cm³/mol. The van der Waals surface area contributed by atoms with Gasteiger partial charge in [-0.05, 0) is 24.3 Å². The first-order valence-electron chi connectivity index (χ1n) is 5.01. The Bertz CT molecular complexity index is 606. The fraction of sp³-hybridized carbons (Fsp3) is 0.0833. The molecule has 94 valence electrons. The van der Waals surface area contributed by atoms with Gasteiger partial charge in [0.1, 0.15) is 17.1 Å². The number of aromatic carboxylic acids is 1. The monoisotopic (exact) mass is 268 g/mol. The summed E-state index contributed by atoms with van der Waals surface area (Å²) < 4.78 is 29.9. The minimum atomic E-state index is -1.55. The summed E-state index contributed by atoms with van der Waals surface area (Å²) in [6.45, 7) is 0. The van der Waals surface area contributed by atoms with E-state index >= 15 is 0 Å². The average molecular weight is 268 g/mol. The SMILES string of the molecule is O=C(O)c1ccoc1CS(=O)c1cccc(F)c1. The van der Waals surface area contributed by atoms with Crippen LogP contribution in [0.25, 0.3) is 0 Å². The molecule has 0 amide bonds. The van der Waals surface area contributed by atoms with Crippen LogP contribution in [0.15, 0.2) is 45.9 Å². The Morgan fingerprint density at radius 1 is 1.39 bits per heavy atom. The van der Waals surface area contributed by atoms with Gasteiger partial charge in [-0.3, -0.25) is 4.21 Å². The Hall–Kier alpha value is -1.95. The largest absolute Gasteiger partial charge is 0.478 e. The standard InChI is InChI=1S/C12H9FO4S/c13-8-2-1-3-9(6-8)18(16)7-11-10(12(14)15)4-5-17-11/h1-6H,7H2,(H,14,15). The van der Waals surface area contributed by atoms with Gasteiger partial charge in [0, 0.05) is 4.90 Å². The highest BCUT2D eigenvalue weighted by molar-refractivity contribution is 7.84. The molecular weight excluding hydrogens is 259 g/mol. The van der Waals surface area contributed by atoms with Crippen molar-refractivity contribution >= 4 is 16.8 Å². The van der Waals surface area contributed by atoms with Crippen molar-refractivity contribution in [1.82, 2.24) is 0 Å². The van der Waals surface area contributed by atoms with Gasteiger partial charge in [-0.25, -0.2) is 9.18 Å². The van der Waals surface area contributed by atoms with Crippen molar-refractivity contribution < 1.29 is 22.9 Å². The van der Waals surface area contributed by atoms with Crippen LogP contribution in [0.1, 0.15) is 16.1 Å². The van der Waals surface area contributed by atoms with Gasteiger partial charge in [-0.15, -0.1) is 0 Å². The molecule has 2 rings (SSSR count). The topological polar surface area (TPSA) is 67.5 Å².